The van der Waals surface area contributed by atoms with E-state index >= 15 is 0 Å². The Hall–Kier alpha value is -3.73. The minimum atomic E-state index is -0.258. The molecule has 0 unspecified atom stereocenters. The van der Waals surface area contributed by atoms with Crippen molar-refractivity contribution in [3.63, 3.8) is 0 Å². The van der Waals surface area contributed by atoms with Gasteiger partial charge in [-0.1, -0.05) is 12.1 Å². The molecule has 0 aliphatic rings. The predicted molar refractivity (Wildman–Crippen MR) is 117 cm³/mol. The fourth-order valence-electron chi connectivity index (χ4n) is 2.66. The molecule has 8 nitrogen and oxygen atoms in total. The quantitative estimate of drug-likeness (QED) is 0.562. The van der Waals surface area contributed by atoms with Crippen molar-refractivity contribution < 1.29 is 34.0 Å². The Balaban J connectivity index is 0.000000320. The van der Waals surface area contributed by atoms with Crippen LogP contribution >= 0.6 is 0 Å². The van der Waals surface area contributed by atoms with Gasteiger partial charge in [-0.15, -0.1) is 0 Å². The molecule has 0 amide bonds. The second kappa shape index (κ2) is 14.3. The normalized spacial score (nSPS) is 9.69. The number of hydrogen-bond acceptors (Lipinski definition) is 8. The minimum Gasteiger partial charge on any atom is -0.507 e. The van der Waals surface area contributed by atoms with E-state index in [1.807, 2.05) is 6.07 Å². The lowest BCUT2D eigenvalue weighted by molar-refractivity contribution is -0.144. The highest BCUT2D eigenvalue weighted by Gasteiger charge is 2.07. The molecule has 172 valence electrons. The van der Waals surface area contributed by atoms with Crippen molar-refractivity contribution in [1.29, 1.82) is 5.26 Å². The average Bonchev–Trinajstić information content (AvgIpc) is 2.78. The number of ether oxygens (including phenoxy) is 3. The van der Waals surface area contributed by atoms with Gasteiger partial charge in [0.2, 0.25) is 0 Å². The summed E-state index contributed by atoms with van der Waals surface area (Å²) in [6, 6.07) is 11.7. The highest BCUT2D eigenvalue weighted by molar-refractivity contribution is 5.70. The molecule has 2 aromatic rings. The van der Waals surface area contributed by atoms with Gasteiger partial charge < -0.3 is 24.4 Å². The summed E-state index contributed by atoms with van der Waals surface area (Å²) in [7, 11) is 1.49. The molecule has 8 heteroatoms. The Labute approximate surface area is 188 Å². The first-order valence-electron chi connectivity index (χ1n) is 10.2. The molecular weight excluding hydrogens is 414 g/mol. The van der Waals surface area contributed by atoms with Crippen molar-refractivity contribution in [1.82, 2.24) is 0 Å². The fourth-order valence-corrected chi connectivity index (χ4v) is 2.66. The molecule has 0 saturated carbocycles. The van der Waals surface area contributed by atoms with Crippen LogP contribution in [0, 0.1) is 11.3 Å². The lowest BCUT2D eigenvalue weighted by Gasteiger charge is -2.06. The SMILES string of the molecule is CCOC(=O)CCc1ccc(C#N)c(O)c1.CCOC(=O)CCc1ccc(O)c(OC)c1. The molecule has 0 heterocycles. The van der Waals surface area contributed by atoms with Gasteiger partial charge in [0, 0.05) is 12.8 Å². The largest absolute Gasteiger partial charge is 0.507 e. The third kappa shape index (κ3) is 9.39. The second-order valence-corrected chi connectivity index (χ2v) is 6.58. The summed E-state index contributed by atoms with van der Waals surface area (Å²) in [5, 5.41) is 27.4. The Morgan fingerprint density at radius 1 is 0.875 bits per heavy atom. The molecule has 0 aromatic heterocycles. The van der Waals surface area contributed by atoms with Gasteiger partial charge in [-0.3, -0.25) is 9.59 Å². The van der Waals surface area contributed by atoms with Crippen molar-refractivity contribution in [2.24, 2.45) is 0 Å². The van der Waals surface area contributed by atoms with Crippen LogP contribution in [0.2, 0.25) is 0 Å². The van der Waals surface area contributed by atoms with Crippen molar-refractivity contribution in [2.75, 3.05) is 20.3 Å². The number of esters is 2. The van der Waals surface area contributed by atoms with Crippen LogP contribution in [-0.4, -0.2) is 42.5 Å². The van der Waals surface area contributed by atoms with Gasteiger partial charge in [-0.2, -0.15) is 5.26 Å². The van der Waals surface area contributed by atoms with Gasteiger partial charge in [0.05, 0.1) is 25.9 Å². The van der Waals surface area contributed by atoms with Crippen LogP contribution in [0.1, 0.15) is 43.4 Å². The minimum absolute atomic E-state index is 0.0520. The van der Waals surface area contributed by atoms with Gasteiger partial charge in [0.15, 0.2) is 11.5 Å². The molecule has 0 fully saturated rings. The molecule has 0 atom stereocenters. The number of methoxy groups -OCH3 is 1. The molecular formula is C24H29NO7. The zero-order chi connectivity index (χ0) is 23.9. The number of rotatable bonds is 9. The number of aromatic hydroxyl groups is 2. The molecule has 0 aliphatic carbocycles. The number of phenols is 2. The number of carbonyl (C=O) groups excluding carboxylic acids is 2. The lowest BCUT2D eigenvalue weighted by Crippen LogP contribution is -2.05. The van der Waals surface area contributed by atoms with Gasteiger partial charge in [-0.25, -0.2) is 0 Å². The molecule has 2 rings (SSSR count). The standard InChI is InChI=1S/C12H13NO3.C12H16O4/c1-2-16-12(15)6-4-9-3-5-10(8-13)11(14)7-9;1-3-16-12(14)7-5-9-4-6-10(13)11(8-9)15-2/h3,5,7,14H,2,4,6H2,1H3;4,6,8,13H,3,5,7H2,1-2H3. The summed E-state index contributed by atoms with van der Waals surface area (Å²) in [5.74, 6) is -0.00602. The Kier molecular flexibility index (Phi) is 11.8. The van der Waals surface area contributed by atoms with E-state index in [0.29, 0.717) is 38.2 Å². The van der Waals surface area contributed by atoms with E-state index in [4.69, 9.17) is 19.5 Å². The number of nitriles is 1. The van der Waals surface area contributed by atoms with Crippen LogP contribution in [0.5, 0.6) is 17.2 Å². The summed E-state index contributed by atoms with van der Waals surface area (Å²) in [6.45, 7) is 4.31. The number of aryl methyl sites for hydroxylation is 2. The van der Waals surface area contributed by atoms with Crippen molar-refractivity contribution in [3.05, 3.63) is 53.1 Å². The maximum Gasteiger partial charge on any atom is 0.306 e. The first-order valence-corrected chi connectivity index (χ1v) is 10.2. The van der Waals surface area contributed by atoms with E-state index in [2.05, 4.69) is 0 Å². The monoisotopic (exact) mass is 443 g/mol. The summed E-state index contributed by atoms with van der Waals surface area (Å²) in [6.07, 6.45) is 1.69. The molecule has 32 heavy (non-hydrogen) atoms. The van der Waals surface area contributed by atoms with Crippen LogP contribution in [0.3, 0.4) is 0 Å². The molecule has 0 spiro atoms. The van der Waals surface area contributed by atoms with Crippen LogP contribution in [0.4, 0.5) is 0 Å². The van der Waals surface area contributed by atoms with Crippen LogP contribution in [-0.2, 0) is 31.9 Å². The van der Waals surface area contributed by atoms with Crippen molar-refractivity contribution >= 4 is 11.9 Å². The maximum atomic E-state index is 11.1. The zero-order valence-electron chi connectivity index (χ0n) is 18.6. The molecule has 0 radical (unpaired) electrons. The fraction of sp³-hybridized carbons (Fsp3) is 0.375. The Bertz CT molecular complexity index is 905. The number of hydrogen-bond donors (Lipinski definition) is 2. The van der Waals surface area contributed by atoms with Gasteiger partial charge in [0.25, 0.3) is 0 Å². The van der Waals surface area contributed by atoms with E-state index in [1.165, 1.54) is 19.2 Å². The topological polar surface area (TPSA) is 126 Å². The van der Waals surface area contributed by atoms with E-state index < -0.39 is 0 Å². The van der Waals surface area contributed by atoms with E-state index in [-0.39, 0.29) is 35.4 Å². The molecule has 0 saturated heterocycles. The van der Waals surface area contributed by atoms with E-state index in [1.54, 1.807) is 38.1 Å². The van der Waals surface area contributed by atoms with Crippen LogP contribution in [0.15, 0.2) is 36.4 Å². The summed E-state index contributed by atoms with van der Waals surface area (Å²) in [4.78, 5) is 22.2. The molecule has 0 aliphatic heterocycles. The van der Waals surface area contributed by atoms with Crippen LogP contribution in [0.25, 0.3) is 0 Å². The zero-order valence-corrected chi connectivity index (χ0v) is 18.6. The van der Waals surface area contributed by atoms with Crippen LogP contribution < -0.4 is 4.74 Å². The summed E-state index contributed by atoms with van der Waals surface area (Å²) >= 11 is 0. The first-order chi connectivity index (χ1) is 15.3. The number of benzene rings is 2. The highest BCUT2D eigenvalue weighted by Crippen LogP contribution is 2.26. The maximum absolute atomic E-state index is 11.1. The highest BCUT2D eigenvalue weighted by atomic mass is 16.5. The van der Waals surface area contributed by atoms with Crippen molar-refractivity contribution in [2.45, 2.75) is 39.5 Å². The Morgan fingerprint density at radius 3 is 1.88 bits per heavy atom. The van der Waals surface area contributed by atoms with Gasteiger partial charge in [-0.05, 0) is 62.1 Å². The van der Waals surface area contributed by atoms with Gasteiger partial charge in [0.1, 0.15) is 11.8 Å². The van der Waals surface area contributed by atoms with E-state index in [0.717, 1.165) is 11.1 Å². The molecule has 2 aromatic carbocycles. The number of nitrogens with zero attached hydrogens (tertiary/aromatic N) is 1. The third-order valence-electron chi connectivity index (χ3n) is 4.27. The first kappa shape index (κ1) is 26.3. The number of carbonyl (C=O) groups is 2. The average molecular weight is 443 g/mol. The predicted octanol–water partition coefficient (Wildman–Crippen LogP) is 3.66. The molecule has 2 N–H and O–H groups in total. The molecule has 0 bridgehead atoms. The lowest BCUT2D eigenvalue weighted by atomic mass is 10.1. The van der Waals surface area contributed by atoms with Crippen molar-refractivity contribution in [3.8, 4) is 23.3 Å². The third-order valence-corrected chi connectivity index (χ3v) is 4.27. The smallest absolute Gasteiger partial charge is 0.306 e. The van der Waals surface area contributed by atoms with E-state index in [9.17, 15) is 19.8 Å². The second-order valence-electron chi connectivity index (χ2n) is 6.58. The summed E-state index contributed by atoms with van der Waals surface area (Å²) < 4.78 is 14.6. The summed E-state index contributed by atoms with van der Waals surface area (Å²) in [5.41, 5.74) is 1.98. The van der Waals surface area contributed by atoms with Gasteiger partial charge >= 0.3 is 11.9 Å². The Morgan fingerprint density at radius 2 is 1.41 bits per heavy atom. The number of phenolic OH excluding ortho intramolecular Hbond substituents is 2.